The molecule has 1 saturated heterocycles. The lowest BCUT2D eigenvalue weighted by Crippen LogP contribution is -2.49. The molecule has 0 N–H and O–H groups in total. The third-order valence-corrected chi connectivity index (χ3v) is 3.84. The van der Waals surface area contributed by atoms with E-state index < -0.39 is 17.6 Å². The number of aromatic nitrogens is 2. The predicted molar refractivity (Wildman–Crippen MR) is 81.6 cm³/mol. The number of rotatable bonds is 2. The zero-order valence-electron chi connectivity index (χ0n) is 12.7. The third kappa shape index (κ3) is 3.47. The number of carbonyl (C=O) groups excluding carboxylic acids is 1. The minimum absolute atomic E-state index is 0.0502. The highest BCUT2D eigenvalue weighted by Crippen LogP contribution is 2.29. The van der Waals surface area contributed by atoms with Gasteiger partial charge in [-0.3, -0.25) is 4.79 Å². The molecule has 126 valence electrons. The molecule has 1 fully saturated rings. The second-order valence-electron chi connectivity index (χ2n) is 5.41. The number of benzene rings is 1. The van der Waals surface area contributed by atoms with E-state index in [4.69, 9.17) is 0 Å². The predicted octanol–water partition coefficient (Wildman–Crippen LogP) is 2.46. The van der Waals surface area contributed by atoms with Gasteiger partial charge < -0.3 is 9.80 Å². The molecule has 0 saturated carbocycles. The number of hydrogen-bond donors (Lipinski definition) is 0. The van der Waals surface area contributed by atoms with E-state index in [0.717, 1.165) is 12.1 Å². The molecule has 1 aromatic heterocycles. The number of nitrogens with zero attached hydrogens (tertiary/aromatic N) is 4. The zero-order valence-corrected chi connectivity index (χ0v) is 12.7. The van der Waals surface area contributed by atoms with Gasteiger partial charge in [0.25, 0.3) is 5.91 Å². The smallest absolute Gasteiger partial charge is 0.337 e. The summed E-state index contributed by atoms with van der Waals surface area (Å²) in [6.45, 7) is 1.89. The van der Waals surface area contributed by atoms with Gasteiger partial charge in [0.2, 0.25) is 5.95 Å². The molecule has 0 unspecified atom stereocenters. The van der Waals surface area contributed by atoms with Crippen LogP contribution in [0, 0.1) is 0 Å². The Kier molecular flexibility index (Phi) is 4.37. The first-order chi connectivity index (χ1) is 11.4. The lowest BCUT2D eigenvalue weighted by atomic mass is 10.1. The monoisotopic (exact) mass is 336 g/mol. The maximum Gasteiger partial charge on any atom is 0.416 e. The second kappa shape index (κ2) is 6.46. The number of halogens is 3. The van der Waals surface area contributed by atoms with E-state index in [1.807, 2.05) is 4.90 Å². The number of amides is 1. The van der Waals surface area contributed by atoms with Crippen molar-refractivity contribution in [3.63, 3.8) is 0 Å². The van der Waals surface area contributed by atoms with Crippen LogP contribution in [0.3, 0.4) is 0 Å². The van der Waals surface area contributed by atoms with Gasteiger partial charge in [-0.15, -0.1) is 0 Å². The first-order valence-electron chi connectivity index (χ1n) is 7.43. The van der Waals surface area contributed by atoms with Gasteiger partial charge >= 0.3 is 6.18 Å². The van der Waals surface area contributed by atoms with Crippen LogP contribution in [0.15, 0.2) is 42.7 Å². The molecule has 2 aromatic rings. The summed E-state index contributed by atoms with van der Waals surface area (Å²) < 4.78 is 38.3. The highest BCUT2D eigenvalue weighted by molar-refractivity contribution is 5.94. The van der Waals surface area contributed by atoms with Crippen molar-refractivity contribution < 1.29 is 18.0 Å². The van der Waals surface area contributed by atoms with Crippen LogP contribution in [0.5, 0.6) is 0 Å². The summed E-state index contributed by atoms with van der Waals surface area (Å²) in [4.78, 5) is 24.2. The van der Waals surface area contributed by atoms with Crippen molar-refractivity contribution in [2.24, 2.45) is 0 Å². The molecule has 3 rings (SSSR count). The first-order valence-corrected chi connectivity index (χ1v) is 7.43. The van der Waals surface area contributed by atoms with Gasteiger partial charge in [-0.05, 0) is 24.3 Å². The van der Waals surface area contributed by atoms with Crippen LogP contribution >= 0.6 is 0 Å². The Morgan fingerprint density at radius 2 is 1.67 bits per heavy atom. The quantitative estimate of drug-likeness (QED) is 0.845. The Hall–Kier alpha value is -2.64. The van der Waals surface area contributed by atoms with Crippen LogP contribution in [-0.4, -0.2) is 47.0 Å². The van der Waals surface area contributed by atoms with E-state index in [0.29, 0.717) is 32.1 Å². The fourth-order valence-electron chi connectivity index (χ4n) is 2.58. The fourth-order valence-corrected chi connectivity index (χ4v) is 2.58. The minimum Gasteiger partial charge on any atom is -0.337 e. The van der Waals surface area contributed by atoms with Gasteiger partial charge in [-0.25, -0.2) is 9.97 Å². The molecule has 2 heterocycles. The first kappa shape index (κ1) is 16.2. The summed E-state index contributed by atoms with van der Waals surface area (Å²) in [5, 5.41) is 0. The van der Waals surface area contributed by atoms with Gasteiger partial charge in [0.1, 0.15) is 0 Å². The van der Waals surface area contributed by atoms with Crippen LogP contribution in [0.1, 0.15) is 15.9 Å². The standard InChI is InChI=1S/C16H15F3N4O/c17-16(18,19)13-4-1-3-12(11-13)14(24)22-7-9-23(10-8-22)15-20-5-2-6-21-15/h1-6,11H,7-10H2. The summed E-state index contributed by atoms with van der Waals surface area (Å²) in [5.74, 6) is 0.193. The van der Waals surface area contributed by atoms with E-state index in [1.165, 1.54) is 12.1 Å². The van der Waals surface area contributed by atoms with Crippen LogP contribution in [-0.2, 0) is 6.18 Å². The van der Waals surface area contributed by atoms with E-state index in [2.05, 4.69) is 9.97 Å². The van der Waals surface area contributed by atoms with Gasteiger partial charge in [0.15, 0.2) is 0 Å². The molecule has 1 aliphatic heterocycles. The normalized spacial score (nSPS) is 15.5. The number of carbonyl (C=O) groups is 1. The molecule has 1 amide bonds. The van der Waals surface area contributed by atoms with E-state index >= 15 is 0 Å². The van der Waals surface area contributed by atoms with Crippen LogP contribution in [0.4, 0.5) is 19.1 Å². The number of hydrogen-bond acceptors (Lipinski definition) is 4. The van der Waals surface area contributed by atoms with Crippen LogP contribution < -0.4 is 4.90 Å². The van der Waals surface area contributed by atoms with Gasteiger partial charge in [0, 0.05) is 44.1 Å². The summed E-state index contributed by atoms with van der Waals surface area (Å²) in [6.07, 6.45) is -1.18. The van der Waals surface area contributed by atoms with Crippen molar-refractivity contribution in [2.75, 3.05) is 31.1 Å². The molecular formula is C16H15F3N4O. The summed E-state index contributed by atoms with van der Waals surface area (Å²) in [5.41, 5.74) is -0.765. The van der Waals surface area contributed by atoms with Crippen molar-refractivity contribution in [1.82, 2.24) is 14.9 Å². The van der Waals surface area contributed by atoms with Crippen molar-refractivity contribution in [2.45, 2.75) is 6.18 Å². The molecule has 0 spiro atoms. The van der Waals surface area contributed by atoms with E-state index in [-0.39, 0.29) is 5.56 Å². The summed E-state index contributed by atoms with van der Waals surface area (Å²) in [6, 6.07) is 6.24. The second-order valence-corrected chi connectivity index (χ2v) is 5.41. The van der Waals surface area contributed by atoms with Crippen molar-refractivity contribution in [3.8, 4) is 0 Å². The molecular weight excluding hydrogens is 321 g/mol. The Balaban J connectivity index is 1.67. The third-order valence-electron chi connectivity index (χ3n) is 3.84. The molecule has 1 aliphatic rings. The Morgan fingerprint density at radius 3 is 2.29 bits per heavy atom. The van der Waals surface area contributed by atoms with Crippen LogP contribution in [0.25, 0.3) is 0 Å². The molecule has 0 radical (unpaired) electrons. The summed E-state index contributed by atoms with van der Waals surface area (Å²) >= 11 is 0. The summed E-state index contributed by atoms with van der Waals surface area (Å²) in [7, 11) is 0. The molecule has 1 aromatic carbocycles. The van der Waals surface area contributed by atoms with Gasteiger partial charge in [-0.1, -0.05) is 6.07 Å². The number of alkyl halides is 3. The minimum atomic E-state index is -4.46. The van der Waals surface area contributed by atoms with Gasteiger partial charge in [0.05, 0.1) is 5.56 Å². The lowest BCUT2D eigenvalue weighted by molar-refractivity contribution is -0.137. The van der Waals surface area contributed by atoms with Gasteiger partial charge in [-0.2, -0.15) is 13.2 Å². The Bertz CT molecular complexity index is 713. The van der Waals surface area contributed by atoms with Crippen molar-refractivity contribution >= 4 is 11.9 Å². The zero-order chi connectivity index (χ0) is 17.2. The van der Waals surface area contributed by atoms with Crippen LogP contribution in [0.2, 0.25) is 0 Å². The maximum atomic E-state index is 12.8. The topological polar surface area (TPSA) is 49.3 Å². The molecule has 0 bridgehead atoms. The molecule has 8 heteroatoms. The molecule has 5 nitrogen and oxygen atoms in total. The number of piperazine rings is 1. The Labute approximate surface area is 136 Å². The average molecular weight is 336 g/mol. The van der Waals surface area contributed by atoms with E-state index in [1.54, 1.807) is 23.4 Å². The van der Waals surface area contributed by atoms with E-state index in [9.17, 15) is 18.0 Å². The highest BCUT2D eigenvalue weighted by Gasteiger charge is 2.31. The highest BCUT2D eigenvalue weighted by atomic mass is 19.4. The fraction of sp³-hybridized carbons (Fsp3) is 0.312. The van der Waals surface area contributed by atoms with Crippen molar-refractivity contribution in [1.29, 1.82) is 0 Å². The Morgan fingerprint density at radius 1 is 1.00 bits per heavy atom. The molecule has 24 heavy (non-hydrogen) atoms. The molecule has 0 aliphatic carbocycles. The lowest BCUT2D eigenvalue weighted by Gasteiger charge is -2.34. The van der Waals surface area contributed by atoms with Crippen molar-refractivity contribution in [3.05, 3.63) is 53.9 Å². The largest absolute Gasteiger partial charge is 0.416 e. The number of anilines is 1. The molecule has 0 atom stereocenters. The average Bonchev–Trinajstić information content (AvgIpc) is 2.61. The SMILES string of the molecule is O=C(c1cccc(C(F)(F)F)c1)N1CCN(c2ncccn2)CC1. The maximum absolute atomic E-state index is 12.8.